The largest absolute Gasteiger partial charge is 0.336 e. The first-order chi connectivity index (χ1) is 15.3. The maximum atomic E-state index is 14.4. The molecule has 1 aromatic heterocycles. The lowest BCUT2D eigenvalue weighted by Crippen LogP contribution is -2.39. The molecule has 162 valence electrons. The summed E-state index contributed by atoms with van der Waals surface area (Å²) in [6, 6.07) is 13.7. The van der Waals surface area contributed by atoms with Gasteiger partial charge in [0.25, 0.3) is 5.56 Å². The summed E-state index contributed by atoms with van der Waals surface area (Å²) in [4.78, 5) is 38.1. The van der Waals surface area contributed by atoms with E-state index in [4.69, 9.17) is 0 Å². The van der Waals surface area contributed by atoms with Gasteiger partial charge in [0.05, 0.1) is 23.1 Å². The minimum atomic E-state index is -1.43. The van der Waals surface area contributed by atoms with Crippen molar-refractivity contribution in [2.24, 2.45) is 0 Å². The molecular formula is C24H17F3N2O3. The second-order valence-corrected chi connectivity index (χ2v) is 7.22. The van der Waals surface area contributed by atoms with Gasteiger partial charge >= 0.3 is 5.69 Å². The number of carbonyl (C=O) groups excluding carboxylic acids is 1. The standard InChI is InChI=1S/C24H17F3N2O3/c1-2-22(30)15-9-7-14(8-10-15)13-28-20-6-4-3-5-16(20)23(31)29(24(28)32)21-12-18(26)17(25)11-19(21)27/h3-12H,2,13H2,1H3. The number of rotatable bonds is 5. The van der Waals surface area contributed by atoms with Crippen molar-refractivity contribution in [1.82, 2.24) is 9.13 Å². The molecule has 0 fully saturated rings. The molecule has 3 aromatic carbocycles. The van der Waals surface area contributed by atoms with Crippen molar-refractivity contribution in [1.29, 1.82) is 0 Å². The minimum absolute atomic E-state index is 0.00547. The fourth-order valence-electron chi connectivity index (χ4n) is 3.55. The zero-order chi connectivity index (χ0) is 23.0. The maximum Gasteiger partial charge on any atom is 0.336 e. The number of carbonyl (C=O) groups is 1. The van der Waals surface area contributed by atoms with Crippen molar-refractivity contribution < 1.29 is 18.0 Å². The Morgan fingerprint density at radius 2 is 1.53 bits per heavy atom. The number of benzene rings is 3. The molecule has 0 aliphatic heterocycles. The highest BCUT2D eigenvalue weighted by atomic mass is 19.2. The summed E-state index contributed by atoms with van der Waals surface area (Å²) in [7, 11) is 0. The maximum absolute atomic E-state index is 14.4. The van der Waals surface area contributed by atoms with Gasteiger partial charge in [0.2, 0.25) is 0 Å². The van der Waals surface area contributed by atoms with Crippen LogP contribution >= 0.6 is 0 Å². The van der Waals surface area contributed by atoms with Gasteiger partial charge in [-0.25, -0.2) is 22.5 Å². The minimum Gasteiger partial charge on any atom is -0.294 e. The second kappa shape index (κ2) is 8.30. The fourth-order valence-corrected chi connectivity index (χ4v) is 3.55. The molecule has 8 heteroatoms. The number of ketones is 1. The van der Waals surface area contributed by atoms with Gasteiger partial charge in [0.15, 0.2) is 23.2 Å². The molecule has 5 nitrogen and oxygen atoms in total. The summed E-state index contributed by atoms with van der Waals surface area (Å²) >= 11 is 0. The van der Waals surface area contributed by atoms with Crippen LogP contribution in [0.1, 0.15) is 29.3 Å². The Labute approximate surface area is 180 Å². The molecule has 0 spiro atoms. The zero-order valence-electron chi connectivity index (χ0n) is 16.9. The molecule has 0 aliphatic rings. The number of halogens is 3. The first kappa shape index (κ1) is 21.3. The number of hydrogen-bond acceptors (Lipinski definition) is 3. The van der Waals surface area contributed by atoms with Crippen LogP contribution in [0.4, 0.5) is 13.2 Å². The monoisotopic (exact) mass is 438 g/mol. The quantitative estimate of drug-likeness (QED) is 0.347. The van der Waals surface area contributed by atoms with Gasteiger partial charge in [-0.3, -0.25) is 14.2 Å². The van der Waals surface area contributed by atoms with Crippen molar-refractivity contribution in [3.05, 3.63) is 110 Å². The third-order valence-electron chi connectivity index (χ3n) is 5.22. The number of Topliss-reactive ketones (excluding diaryl/α,β-unsaturated/α-hetero) is 1. The van der Waals surface area contributed by atoms with E-state index >= 15 is 0 Å². The highest BCUT2D eigenvalue weighted by molar-refractivity contribution is 5.95. The molecule has 0 aliphatic carbocycles. The summed E-state index contributed by atoms with van der Waals surface area (Å²) in [5, 5.41) is 0.106. The van der Waals surface area contributed by atoms with Crippen molar-refractivity contribution >= 4 is 16.7 Å². The molecule has 0 saturated carbocycles. The van der Waals surface area contributed by atoms with Crippen molar-refractivity contribution in [2.45, 2.75) is 19.9 Å². The molecule has 0 unspecified atom stereocenters. The molecular weight excluding hydrogens is 421 g/mol. The number of hydrogen-bond donors (Lipinski definition) is 0. The molecule has 0 saturated heterocycles. The van der Waals surface area contributed by atoms with E-state index in [-0.39, 0.29) is 17.7 Å². The molecule has 0 N–H and O–H groups in total. The Morgan fingerprint density at radius 1 is 0.875 bits per heavy atom. The van der Waals surface area contributed by atoms with E-state index in [9.17, 15) is 27.6 Å². The van der Waals surface area contributed by atoms with Crippen LogP contribution in [-0.2, 0) is 6.54 Å². The Morgan fingerprint density at radius 3 is 2.22 bits per heavy atom. The number of para-hydroxylation sites is 1. The van der Waals surface area contributed by atoms with E-state index < -0.39 is 34.4 Å². The molecule has 4 aromatic rings. The van der Waals surface area contributed by atoms with E-state index in [1.165, 1.54) is 10.6 Å². The van der Waals surface area contributed by atoms with E-state index in [0.29, 0.717) is 39.8 Å². The lowest BCUT2D eigenvalue weighted by molar-refractivity contribution is 0.0988. The Bertz CT molecular complexity index is 1470. The smallest absolute Gasteiger partial charge is 0.294 e. The van der Waals surface area contributed by atoms with Gasteiger partial charge in [-0.1, -0.05) is 43.3 Å². The SMILES string of the molecule is CCC(=O)c1ccc(Cn2c(=O)n(-c3cc(F)c(F)cc3F)c(=O)c3ccccc32)cc1. The van der Waals surface area contributed by atoms with Crippen LogP contribution in [0, 0.1) is 17.5 Å². The van der Waals surface area contributed by atoms with Gasteiger partial charge < -0.3 is 0 Å². The number of aromatic nitrogens is 2. The third kappa shape index (κ3) is 3.64. The van der Waals surface area contributed by atoms with E-state index in [0.717, 1.165) is 0 Å². The van der Waals surface area contributed by atoms with Gasteiger partial charge in [-0.15, -0.1) is 0 Å². The molecule has 0 radical (unpaired) electrons. The van der Waals surface area contributed by atoms with E-state index in [1.54, 1.807) is 49.4 Å². The summed E-state index contributed by atoms with van der Waals surface area (Å²) in [6.45, 7) is 1.76. The Hall–Kier alpha value is -3.94. The first-order valence-corrected chi connectivity index (χ1v) is 9.83. The predicted octanol–water partition coefficient (Wildman–Crippen LogP) is 4.21. The van der Waals surface area contributed by atoms with Crippen LogP contribution in [0.15, 0.2) is 70.3 Å². The summed E-state index contributed by atoms with van der Waals surface area (Å²) in [6.07, 6.45) is 0.355. The summed E-state index contributed by atoms with van der Waals surface area (Å²) in [5.74, 6) is -4.08. The van der Waals surface area contributed by atoms with Crippen LogP contribution in [-0.4, -0.2) is 14.9 Å². The van der Waals surface area contributed by atoms with Crippen LogP contribution < -0.4 is 11.2 Å². The van der Waals surface area contributed by atoms with Crippen molar-refractivity contribution in [3.8, 4) is 5.69 Å². The average molecular weight is 438 g/mol. The normalized spacial score (nSPS) is 11.1. The van der Waals surface area contributed by atoms with Crippen LogP contribution in [0.2, 0.25) is 0 Å². The number of nitrogens with zero attached hydrogens (tertiary/aromatic N) is 2. The van der Waals surface area contributed by atoms with Gasteiger partial charge in [-0.2, -0.15) is 0 Å². The van der Waals surface area contributed by atoms with Crippen LogP contribution in [0.3, 0.4) is 0 Å². The average Bonchev–Trinajstić information content (AvgIpc) is 2.80. The second-order valence-electron chi connectivity index (χ2n) is 7.22. The Kier molecular flexibility index (Phi) is 5.52. The van der Waals surface area contributed by atoms with Gasteiger partial charge in [0, 0.05) is 24.1 Å². The molecule has 32 heavy (non-hydrogen) atoms. The molecule has 0 bridgehead atoms. The lowest BCUT2D eigenvalue weighted by atomic mass is 10.1. The Balaban J connectivity index is 1.94. The van der Waals surface area contributed by atoms with Crippen LogP contribution in [0.5, 0.6) is 0 Å². The highest BCUT2D eigenvalue weighted by Crippen LogP contribution is 2.18. The van der Waals surface area contributed by atoms with E-state index in [2.05, 4.69) is 0 Å². The predicted molar refractivity (Wildman–Crippen MR) is 114 cm³/mol. The third-order valence-corrected chi connectivity index (χ3v) is 5.22. The lowest BCUT2D eigenvalue weighted by Gasteiger charge is -2.15. The molecule has 0 amide bonds. The fraction of sp³-hybridized carbons (Fsp3) is 0.125. The van der Waals surface area contributed by atoms with Crippen LogP contribution in [0.25, 0.3) is 16.6 Å². The topological polar surface area (TPSA) is 61.1 Å². The molecule has 1 heterocycles. The summed E-state index contributed by atoms with van der Waals surface area (Å²) in [5.41, 5.74) is -0.955. The molecule has 4 rings (SSSR count). The molecule has 0 atom stereocenters. The summed E-state index contributed by atoms with van der Waals surface area (Å²) < 4.78 is 43.4. The van der Waals surface area contributed by atoms with Crippen molar-refractivity contribution in [2.75, 3.05) is 0 Å². The van der Waals surface area contributed by atoms with Gasteiger partial charge in [-0.05, 0) is 17.7 Å². The van der Waals surface area contributed by atoms with E-state index in [1.807, 2.05) is 0 Å². The first-order valence-electron chi connectivity index (χ1n) is 9.83. The highest BCUT2D eigenvalue weighted by Gasteiger charge is 2.19. The van der Waals surface area contributed by atoms with Crippen molar-refractivity contribution in [3.63, 3.8) is 0 Å². The van der Waals surface area contributed by atoms with Gasteiger partial charge in [0.1, 0.15) is 0 Å². The number of fused-ring (bicyclic) bond motifs is 1. The zero-order valence-corrected chi connectivity index (χ0v) is 16.9.